The highest BCUT2D eigenvalue weighted by Gasteiger charge is 2.19. The van der Waals surface area contributed by atoms with Crippen molar-refractivity contribution in [2.75, 3.05) is 18.1 Å². The molecule has 5 nitrogen and oxygen atoms in total. The number of nitrogens with zero attached hydrogens (tertiary/aromatic N) is 1. The van der Waals surface area contributed by atoms with Crippen molar-refractivity contribution < 1.29 is 13.2 Å². The molecule has 0 aliphatic rings. The van der Waals surface area contributed by atoms with Crippen LogP contribution in [0.5, 0.6) is 0 Å². The second kappa shape index (κ2) is 8.47. The van der Waals surface area contributed by atoms with Crippen LogP contribution < -0.4 is 5.32 Å². The summed E-state index contributed by atoms with van der Waals surface area (Å²) in [6, 6.07) is 14.5. The van der Waals surface area contributed by atoms with E-state index in [0.29, 0.717) is 10.6 Å². The lowest BCUT2D eigenvalue weighted by Crippen LogP contribution is -2.32. The van der Waals surface area contributed by atoms with E-state index in [1.165, 1.54) is 4.31 Å². The van der Waals surface area contributed by atoms with Crippen molar-refractivity contribution in [1.82, 2.24) is 4.31 Å². The van der Waals surface area contributed by atoms with Crippen LogP contribution in [0.25, 0.3) is 0 Å². The zero-order valence-electron chi connectivity index (χ0n) is 14.2. The van der Waals surface area contributed by atoms with Crippen LogP contribution in [0.4, 0.5) is 5.69 Å². The summed E-state index contributed by atoms with van der Waals surface area (Å²) in [5.74, 6) is -0.234. The Morgan fingerprint density at radius 1 is 1.12 bits per heavy atom. The smallest absolute Gasteiger partial charge is 0.225 e. The number of anilines is 1. The van der Waals surface area contributed by atoms with E-state index in [-0.39, 0.29) is 25.4 Å². The number of hydrogen-bond donors (Lipinski definition) is 1. The zero-order chi connectivity index (χ0) is 18.4. The molecule has 1 amide bonds. The first-order valence-corrected chi connectivity index (χ1v) is 10.0. The van der Waals surface area contributed by atoms with Gasteiger partial charge in [-0.2, -0.15) is 4.31 Å². The normalized spacial score (nSPS) is 11.5. The number of sulfonamides is 1. The molecule has 2 rings (SSSR count). The van der Waals surface area contributed by atoms with Crippen LogP contribution in [0, 0.1) is 6.92 Å². The van der Waals surface area contributed by atoms with Gasteiger partial charge in [0, 0.05) is 30.2 Å². The summed E-state index contributed by atoms with van der Waals surface area (Å²) in [5.41, 5.74) is 2.38. The van der Waals surface area contributed by atoms with E-state index in [1.807, 2.05) is 31.2 Å². The van der Waals surface area contributed by atoms with Gasteiger partial charge < -0.3 is 5.32 Å². The van der Waals surface area contributed by atoms with Gasteiger partial charge in [-0.15, -0.1) is 0 Å². The van der Waals surface area contributed by atoms with Crippen LogP contribution in [-0.2, 0) is 21.4 Å². The third-order valence-corrected chi connectivity index (χ3v) is 5.40. The quantitative estimate of drug-likeness (QED) is 0.800. The van der Waals surface area contributed by atoms with E-state index in [2.05, 4.69) is 5.32 Å². The average molecular weight is 381 g/mol. The molecule has 7 heteroatoms. The summed E-state index contributed by atoms with van der Waals surface area (Å²) in [6.07, 6.45) is 1.19. The van der Waals surface area contributed by atoms with Gasteiger partial charge >= 0.3 is 0 Å². The molecule has 1 N–H and O–H groups in total. The number of rotatable bonds is 7. The van der Waals surface area contributed by atoms with Gasteiger partial charge in [-0.05, 0) is 30.2 Å². The first-order chi connectivity index (χ1) is 11.8. The summed E-state index contributed by atoms with van der Waals surface area (Å²) in [5, 5.41) is 3.31. The molecule has 0 fully saturated rings. The first kappa shape index (κ1) is 19.4. The standard InChI is InChI=1S/C18H21ClN2O3S/c1-14-7-3-6-10-17(14)20-18(22)11-12-21(25(2,23)24)13-15-8-4-5-9-16(15)19/h3-10H,11-13H2,1-2H3,(H,20,22). The second-order valence-electron chi connectivity index (χ2n) is 5.80. The molecule has 25 heavy (non-hydrogen) atoms. The monoisotopic (exact) mass is 380 g/mol. The largest absolute Gasteiger partial charge is 0.326 e. The minimum atomic E-state index is -3.46. The minimum absolute atomic E-state index is 0.0614. The Bertz CT molecular complexity index is 853. The average Bonchev–Trinajstić information content (AvgIpc) is 2.54. The highest BCUT2D eigenvalue weighted by Crippen LogP contribution is 2.19. The van der Waals surface area contributed by atoms with Gasteiger partial charge in [0.15, 0.2) is 0 Å². The van der Waals surface area contributed by atoms with Gasteiger partial charge in [0.1, 0.15) is 0 Å². The predicted octanol–water partition coefficient (Wildman–Crippen LogP) is 3.44. The fourth-order valence-electron chi connectivity index (χ4n) is 2.33. The lowest BCUT2D eigenvalue weighted by Gasteiger charge is -2.20. The van der Waals surface area contributed by atoms with Gasteiger partial charge in [0.25, 0.3) is 0 Å². The van der Waals surface area contributed by atoms with E-state index in [9.17, 15) is 13.2 Å². The summed E-state index contributed by atoms with van der Waals surface area (Å²) in [7, 11) is -3.46. The van der Waals surface area contributed by atoms with Crippen LogP contribution in [-0.4, -0.2) is 31.4 Å². The van der Waals surface area contributed by atoms with Crippen LogP contribution in [0.2, 0.25) is 5.02 Å². The van der Waals surface area contributed by atoms with Crippen LogP contribution in [0.3, 0.4) is 0 Å². The molecule has 0 radical (unpaired) electrons. The molecule has 0 bridgehead atoms. The van der Waals surface area contributed by atoms with Crippen LogP contribution in [0.15, 0.2) is 48.5 Å². The fraction of sp³-hybridized carbons (Fsp3) is 0.278. The minimum Gasteiger partial charge on any atom is -0.326 e. The molecule has 2 aromatic rings. The number of carbonyl (C=O) groups excluding carboxylic acids is 1. The molecule has 0 saturated heterocycles. The highest BCUT2D eigenvalue weighted by atomic mass is 35.5. The predicted molar refractivity (Wildman–Crippen MR) is 101 cm³/mol. The van der Waals surface area contributed by atoms with Crippen molar-refractivity contribution in [3.63, 3.8) is 0 Å². The number of nitrogens with one attached hydrogen (secondary N) is 1. The molecule has 0 atom stereocenters. The number of aryl methyl sites for hydroxylation is 1. The topological polar surface area (TPSA) is 66.5 Å². The Morgan fingerprint density at radius 3 is 2.40 bits per heavy atom. The molecule has 0 aliphatic heterocycles. The maximum atomic E-state index is 12.2. The van der Waals surface area contributed by atoms with E-state index < -0.39 is 10.0 Å². The SMILES string of the molecule is Cc1ccccc1NC(=O)CCN(Cc1ccccc1Cl)S(C)(=O)=O. The Hall–Kier alpha value is -1.89. The molecule has 0 aromatic heterocycles. The number of benzene rings is 2. The maximum Gasteiger partial charge on any atom is 0.225 e. The third kappa shape index (κ3) is 5.85. The first-order valence-electron chi connectivity index (χ1n) is 7.81. The van der Waals surface area contributed by atoms with Gasteiger partial charge in [-0.3, -0.25) is 4.79 Å². The van der Waals surface area contributed by atoms with Gasteiger partial charge in [0.2, 0.25) is 15.9 Å². The summed E-state index contributed by atoms with van der Waals surface area (Å²) >= 11 is 6.11. The molecule has 0 spiro atoms. The van der Waals surface area contributed by atoms with Crippen molar-refractivity contribution in [3.05, 3.63) is 64.7 Å². The van der Waals surface area contributed by atoms with Crippen molar-refractivity contribution in [1.29, 1.82) is 0 Å². The Kier molecular flexibility index (Phi) is 6.58. The number of hydrogen-bond acceptors (Lipinski definition) is 3. The van der Waals surface area contributed by atoms with E-state index in [0.717, 1.165) is 17.5 Å². The van der Waals surface area contributed by atoms with Gasteiger partial charge in [-0.1, -0.05) is 48.0 Å². The van der Waals surface area contributed by atoms with E-state index in [4.69, 9.17) is 11.6 Å². The third-order valence-electron chi connectivity index (χ3n) is 3.78. The molecule has 0 aliphatic carbocycles. The molecule has 0 unspecified atom stereocenters. The van der Waals surface area contributed by atoms with Crippen molar-refractivity contribution >= 4 is 33.2 Å². The fourth-order valence-corrected chi connectivity index (χ4v) is 3.32. The molecule has 134 valence electrons. The Morgan fingerprint density at radius 2 is 1.76 bits per heavy atom. The number of carbonyl (C=O) groups is 1. The van der Waals surface area contributed by atoms with Crippen molar-refractivity contribution in [3.8, 4) is 0 Å². The summed E-state index contributed by atoms with van der Waals surface area (Å²) in [4.78, 5) is 12.2. The molecular formula is C18H21ClN2O3S. The molecule has 0 saturated carbocycles. The lowest BCUT2D eigenvalue weighted by molar-refractivity contribution is -0.116. The molecule has 2 aromatic carbocycles. The van der Waals surface area contributed by atoms with Crippen molar-refractivity contribution in [2.45, 2.75) is 19.9 Å². The Labute approximate surface area is 153 Å². The Balaban J connectivity index is 2.02. The molecular weight excluding hydrogens is 360 g/mol. The zero-order valence-corrected chi connectivity index (χ0v) is 15.8. The van der Waals surface area contributed by atoms with Crippen LogP contribution in [0.1, 0.15) is 17.5 Å². The van der Waals surface area contributed by atoms with Crippen molar-refractivity contribution in [2.24, 2.45) is 0 Å². The number of amides is 1. The van der Waals surface area contributed by atoms with Gasteiger partial charge in [-0.25, -0.2) is 8.42 Å². The van der Waals surface area contributed by atoms with E-state index >= 15 is 0 Å². The van der Waals surface area contributed by atoms with Gasteiger partial charge in [0.05, 0.1) is 6.26 Å². The maximum absolute atomic E-state index is 12.2. The van der Waals surface area contributed by atoms with Crippen LogP contribution >= 0.6 is 11.6 Å². The highest BCUT2D eigenvalue weighted by molar-refractivity contribution is 7.88. The number of halogens is 1. The molecule has 0 heterocycles. The summed E-state index contributed by atoms with van der Waals surface area (Å²) < 4.78 is 25.3. The number of para-hydroxylation sites is 1. The van der Waals surface area contributed by atoms with E-state index in [1.54, 1.807) is 24.3 Å². The summed E-state index contributed by atoms with van der Waals surface area (Å²) in [6.45, 7) is 2.12. The second-order valence-corrected chi connectivity index (χ2v) is 8.19. The lowest BCUT2D eigenvalue weighted by atomic mass is 10.2.